The highest BCUT2D eigenvalue weighted by molar-refractivity contribution is 7.98. The van der Waals surface area contributed by atoms with E-state index in [4.69, 9.17) is 0 Å². The molecule has 0 saturated carbocycles. The lowest BCUT2D eigenvalue weighted by molar-refractivity contribution is -0.274. The highest BCUT2D eigenvalue weighted by Gasteiger charge is 2.32. The van der Waals surface area contributed by atoms with Gasteiger partial charge in [-0.3, -0.25) is 14.2 Å². The number of halogens is 3. The average Bonchev–Trinajstić information content (AvgIpc) is 3.07. The number of thioether (sulfide) groups is 1. The molecule has 0 atom stereocenters. The first-order valence-electron chi connectivity index (χ1n) is 8.99. The molecule has 1 amide bonds. The molecule has 11 heteroatoms. The molecule has 1 aliphatic rings. The minimum Gasteiger partial charge on any atom is -0.405 e. The van der Waals surface area contributed by atoms with Crippen LogP contribution < -0.4 is 15.6 Å². The van der Waals surface area contributed by atoms with Crippen LogP contribution in [-0.4, -0.2) is 27.6 Å². The number of para-hydroxylation sites is 1. The number of rotatable bonds is 5. The molecule has 0 unspecified atom stereocenters. The van der Waals surface area contributed by atoms with Crippen molar-refractivity contribution in [3.05, 3.63) is 57.0 Å². The van der Waals surface area contributed by atoms with Gasteiger partial charge in [-0.2, -0.15) is 11.8 Å². The number of thiophene rings is 1. The molecule has 0 bridgehead atoms. The summed E-state index contributed by atoms with van der Waals surface area (Å²) in [5.41, 5.74) is 0.910. The zero-order valence-electron chi connectivity index (χ0n) is 15.5. The maximum absolute atomic E-state index is 12.9. The summed E-state index contributed by atoms with van der Waals surface area (Å²) in [6.45, 7) is -0.440. The quantitative estimate of drug-likeness (QED) is 0.638. The Bertz CT molecular complexity index is 1160. The Hall–Kier alpha value is -2.53. The van der Waals surface area contributed by atoms with Gasteiger partial charge >= 0.3 is 6.36 Å². The van der Waals surface area contributed by atoms with E-state index in [1.165, 1.54) is 40.4 Å². The van der Waals surface area contributed by atoms with Crippen LogP contribution in [0, 0.1) is 0 Å². The SMILES string of the molecule is O=C(Cn1cnc2sc3c(c2c1=O)CCSC3)NCc1ccccc1OC(F)(F)F. The number of hydrogen-bond acceptors (Lipinski definition) is 6. The minimum absolute atomic E-state index is 0.166. The summed E-state index contributed by atoms with van der Waals surface area (Å²) in [7, 11) is 0. The normalized spacial score (nSPS) is 13.8. The van der Waals surface area contributed by atoms with Gasteiger partial charge in [0.2, 0.25) is 5.91 Å². The van der Waals surface area contributed by atoms with Crippen molar-refractivity contribution in [2.24, 2.45) is 0 Å². The third kappa shape index (κ3) is 4.46. The molecule has 0 saturated heterocycles. The molecule has 30 heavy (non-hydrogen) atoms. The summed E-state index contributed by atoms with van der Waals surface area (Å²) in [4.78, 5) is 31.4. The van der Waals surface area contributed by atoms with Gasteiger partial charge in [0.15, 0.2) is 0 Å². The molecule has 0 aliphatic carbocycles. The average molecular weight is 455 g/mol. The van der Waals surface area contributed by atoms with E-state index in [1.54, 1.807) is 6.07 Å². The Kier molecular flexibility index (Phi) is 5.74. The van der Waals surface area contributed by atoms with E-state index in [-0.39, 0.29) is 30.0 Å². The molecule has 158 valence electrons. The second-order valence-electron chi connectivity index (χ2n) is 6.60. The van der Waals surface area contributed by atoms with Gasteiger partial charge in [-0.1, -0.05) is 18.2 Å². The molecule has 1 aliphatic heterocycles. The lowest BCUT2D eigenvalue weighted by atomic mass is 10.1. The maximum Gasteiger partial charge on any atom is 0.573 e. The Morgan fingerprint density at radius 2 is 2.10 bits per heavy atom. The minimum atomic E-state index is -4.83. The van der Waals surface area contributed by atoms with Crippen molar-refractivity contribution in [3.8, 4) is 5.75 Å². The number of aryl methyl sites for hydroxylation is 1. The largest absolute Gasteiger partial charge is 0.573 e. The van der Waals surface area contributed by atoms with Crippen LogP contribution >= 0.6 is 23.1 Å². The Balaban J connectivity index is 1.48. The van der Waals surface area contributed by atoms with Crippen LogP contribution in [0.15, 0.2) is 35.4 Å². The number of benzene rings is 1. The third-order valence-electron chi connectivity index (χ3n) is 4.58. The zero-order chi connectivity index (χ0) is 21.3. The van der Waals surface area contributed by atoms with Gasteiger partial charge in [-0.05, 0) is 23.8 Å². The first-order chi connectivity index (χ1) is 14.3. The number of aromatic nitrogens is 2. The number of hydrogen-bond donors (Lipinski definition) is 1. The molecule has 1 N–H and O–H groups in total. The van der Waals surface area contributed by atoms with Crippen molar-refractivity contribution in [1.82, 2.24) is 14.9 Å². The highest BCUT2D eigenvalue weighted by atomic mass is 32.2. The molecule has 0 fully saturated rings. The molecule has 0 spiro atoms. The molecule has 6 nitrogen and oxygen atoms in total. The number of carbonyl (C=O) groups excluding carboxylic acids is 1. The predicted octanol–water partition coefficient (Wildman–Crippen LogP) is 3.46. The van der Waals surface area contributed by atoms with Crippen molar-refractivity contribution in [3.63, 3.8) is 0 Å². The summed E-state index contributed by atoms with van der Waals surface area (Å²) in [5.74, 6) is 0.899. The second-order valence-corrected chi connectivity index (χ2v) is 8.79. The van der Waals surface area contributed by atoms with Gasteiger partial charge in [0.05, 0.1) is 11.7 Å². The summed E-state index contributed by atoms with van der Waals surface area (Å²) < 4.78 is 42.8. The van der Waals surface area contributed by atoms with Crippen LogP contribution in [0.25, 0.3) is 10.2 Å². The number of fused-ring (bicyclic) bond motifs is 3. The van der Waals surface area contributed by atoms with Gasteiger partial charge in [-0.15, -0.1) is 24.5 Å². The lowest BCUT2D eigenvalue weighted by Crippen LogP contribution is -2.32. The van der Waals surface area contributed by atoms with Crippen molar-refractivity contribution >= 4 is 39.2 Å². The van der Waals surface area contributed by atoms with E-state index < -0.39 is 12.3 Å². The van der Waals surface area contributed by atoms with Gasteiger partial charge in [0.25, 0.3) is 5.56 Å². The van der Waals surface area contributed by atoms with Crippen LogP contribution in [-0.2, 0) is 30.1 Å². The van der Waals surface area contributed by atoms with Gasteiger partial charge < -0.3 is 10.1 Å². The number of amides is 1. The molecular weight excluding hydrogens is 439 g/mol. The van der Waals surface area contributed by atoms with Gasteiger partial charge in [-0.25, -0.2) is 4.98 Å². The van der Waals surface area contributed by atoms with Crippen molar-refractivity contribution < 1.29 is 22.7 Å². The number of carbonyl (C=O) groups is 1. The lowest BCUT2D eigenvalue weighted by Gasteiger charge is -2.14. The molecule has 3 heterocycles. The van der Waals surface area contributed by atoms with E-state index in [1.807, 2.05) is 11.8 Å². The Morgan fingerprint density at radius 1 is 1.30 bits per heavy atom. The smallest absolute Gasteiger partial charge is 0.405 e. The van der Waals surface area contributed by atoms with E-state index in [2.05, 4.69) is 15.0 Å². The van der Waals surface area contributed by atoms with E-state index in [0.717, 1.165) is 28.4 Å². The van der Waals surface area contributed by atoms with E-state index in [9.17, 15) is 22.8 Å². The van der Waals surface area contributed by atoms with E-state index >= 15 is 0 Å². The van der Waals surface area contributed by atoms with Crippen LogP contribution in [0.1, 0.15) is 16.0 Å². The second kappa shape index (κ2) is 8.31. The van der Waals surface area contributed by atoms with Crippen LogP contribution in [0.4, 0.5) is 13.2 Å². The maximum atomic E-state index is 12.9. The summed E-state index contributed by atoms with van der Waals surface area (Å²) in [5, 5.41) is 3.09. The fourth-order valence-corrected chi connectivity index (χ4v) is 5.55. The predicted molar refractivity (Wildman–Crippen MR) is 109 cm³/mol. The highest BCUT2D eigenvalue weighted by Crippen LogP contribution is 2.35. The monoisotopic (exact) mass is 455 g/mol. The molecule has 4 rings (SSSR count). The van der Waals surface area contributed by atoms with Crippen molar-refractivity contribution in [2.75, 3.05) is 5.75 Å². The molecule has 0 radical (unpaired) electrons. The number of nitrogens with zero attached hydrogens (tertiary/aromatic N) is 2. The fraction of sp³-hybridized carbons (Fsp3) is 0.316. The van der Waals surface area contributed by atoms with Crippen molar-refractivity contribution in [1.29, 1.82) is 0 Å². The summed E-state index contributed by atoms with van der Waals surface area (Å²) >= 11 is 3.31. The molecule has 2 aromatic heterocycles. The van der Waals surface area contributed by atoms with Gasteiger partial charge in [0.1, 0.15) is 17.1 Å². The molecule has 3 aromatic rings. The third-order valence-corrected chi connectivity index (χ3v) is 6.89. The Morgan fingerprint density at radius 3 is 2.90 bits per heavy atom. The van der Waals surface area contributed by atoms with Crippen LogP contribution in [0.3, 0.4) is 0 Å². The van der Waals surface area contributed by atoms with Crippen molar-refractivity contribution in [2.45, 2.75) is 31.6 Å². The van der Waals surface area contributed by atoms with E-state index in [0.29, 0.717) is 10.2 Å². The fourth-order valence-electron chi connectivity index (χ4n) is 3.24. The number of nitrogens with one attached hydrogen (secondary N) is 1. The molecular formula is C19H16F3N3O3S2. The number of alkyl halides is 3. The van der Waals surface area contributed by atoms with Crippen LogP contribution in [0.5, 0.6) is 5.75 Å². The number of ether oxygens (including phenoxy) is 1. The topological polar surface area (TPSA) is 73.2 Å². The zero-order valence-corrected chi connectivity index (χ0v) is 17.1. The Labute approximate surface area is 177 Å². The first kappa shape index (κ1) is 20.7. The standard InChI is InChI=1S/C19H16F3N3O3S2/c20-19(21,22)28-13-4-2-1-3-11(13)7-23-15(26)8-25-10-24-17-16(18(25)27)12-5-6-29-9-14(12)30-17/h1-4,10H,5-9H2,(H,23,26). The first-order valence-corrected chi connectivity index (χ1v) is 11.0. The van der Waals surface area contributed by atoms with Gasteiger partial charge in [0, 0.05) is 22.7 Å². The molecule has 1 aromatic carbocycles. The summed E-state index contributed by atoms with van der Waals surface area (Å²) in [6.07, 6.45) is -2.70. The summed E-state index contributed by atoms with van der Waals surface area (Å²) in [6, 6.07) is 5.56. The van der Waals surface area contributed by atoms with Crippen LogP contribution in [0.2, 0.25) is 0 Å².